The summed E-state index contributed by atoms with van der Waals surface area (Å²) in [7, 11) is 0. The van der Waals surface area contributed by atoms with Gasteiger partial charge in [-0.2, -0.15) is 0 Å². The molecule has 1 aromatic carbocycles. The highest BCUT2D eigenvalue weighted by Crippen LogP contribution is 2.62. The lowest BCUT2D eigenvalue weighted by atomic mass is 9.55. The van der Waals surface area contributed by atoms with Crippen LogP contribution in [0.25, 0.3) is 0 Å². The number of carboxylic acids is 1. The Hall–Kier alpha value is -1.81. The van der Waals surface area contributed by atoms with Gasteiger partial charge in [-0.1, -0.05) is 13.0 Å². The van der Waals surface area contributed by atoms with E-state index < -0.39 is 12.1 Å². The Morgan fingerprint density at radius 2 is 2.12 bits per heavy atom. The monoisotopic (exact) mass is 328 g/mol. The second kappa shape index (κ2) is 5.35. The number of phenols is 1. The molecule has 0 radical (unpaired) electrons. The third-order valence-corrected chi connectivity index (χ3v) is 6.89. The number of benzene rings is 1. The van der Waals surface area contributed by atoms with Crippen molar-refractivity contribution in [1.82, 2.24) is 0 Å². The second-order valence-electron chi connectivity index (χ2n) is 8.01. The molecule has 5 atom stereocenters. The van der Waals surface area contributed by atoms with Crippen LogP contribution in [0.5, 0.6) is 5.75 Å². The van der Waals surface area contributed by atoms with Gasteiger partial charge in [-0.05, 0) is 78.7 Å². The fourth-order valence-corrected chi connectivity index (χ4v) is 5.73. The molecule has 128 valence electrons. The van der Waals surface area contributed by atoms with E-state index in [-0.39, 0.29) is 5.41 Å². The van der Waals surface area contributed by atoms with Crippen molar-refractivity contribution < 1.29 is 20.1 Å². The van der Waals surface area contributed by atoms with Crippen LogP contribution in [0, 0.1) is 17.3 Å². The number of carbonyl (C=O) groups is 1. The fraction of sp³-hybridized carbons (Fsp3) is 0.550. The molecule has 1 aromatic rings. The van der Waals surface area contributed by atoms with E-state index in [2.05, 4.69) is 13.0 Å². The third kappa shape index (κ3) is 2.20. The van der Waals surface area contributed by atoms with Crippen molar-refractivity contribution in [3.05, 3.63) is 41.0 Å². The smallest absolute Gasteiger partial charge is 0.328 e. The molecule has 0 spiro atoms. The average molecular weight is 328 g/mol. The van der Waals surface area contributed by atoms with Gasteiger partial charge in [-0.3, -0.25) is 0 Å². The number of hydrogen-bond acceptors (Lipinski definition) is 3. The highest BCUT2D eigenvalue weighted by atomic mass is 16.4. The molecule has 3 aliphatic carbocycles. The summed E-state index contributed by atoms with van der Waals surface area (Å²) in [5, 5.41) is 29.6. The van der Waals surface area contributed by atoms with Crippen molar-refractivity contribution in [2.45, 2.75) is 51.0 Å². The molecule has 24 heavy (non-hydrogen) atoms. The van der Waals surface area contributed by atoms with Crippen LogP contribution in [0.1, 0.15) is 49.7 Å². The van der Waals surface area contributed by atoms with Crippen LogP contribution in [-0.4, -0.2) is 27.4 Å². The van der Waals surface area contributed by atoms with Gasteiger partial charge in [0.25, 0.3) is 0 Å². The molecule has 0 aliphatic heterocycles. The number of aryl methyl sites for hydroxylation is 1. The SMILES string of the molecule is CC12CCC3c4ccc(O)cc4CCC3C1C/C(=C\C(=O)O)C2O. The number of aromatic hydroxyl groups is 1. The first kappa shape index (κ1) is 15.7. The maximum absolute atomic E-state index is 11.1. The van der Waals surface area contributed by atoms with E-state index in [9.17, 15) is 15.0 Å². The molecule has 3 N–H and O–H groups in total. The lowest BCUT2D eigenvalue weighted by Gasteiger charge is -2.49. The summed E-state index contributed by atoms with van der Waals surface area (Å²) >= 11 is 0. The Kier molecular flexibility index (Phi) is 3.50. The van der Waals surface area contributed by atoms with Crippen molar-refractivity contribution in [3.63, 3.8) is 0 Å². The molecular weight excluding hydrogens is 304 g/mol. The maximum atomic E-state index is 11.1. The largest absolute Gasteiger partial charge is 0.508 e. The number of rotatable bonds is 1. The van der Waals surface area contributed by atoms with Gasteiger partial charge < -0.3 is 15.3 Å². The molecule has 0 amide bonds. The van der Waals surface area contributed by atoms with Crippen molar-refractivity contribution in [2.24, 2.45) is 17.3 Å². The van der Waals surface area contributed by atoms with E-state index >= 15 is 0 Å². The molecule has 0 heterocycles. The van der Waals surface area contributed by atoms with Gasteiger partial charge >= 0.3 is 5.97 Å². The van der Waals surface area contributed by atoms with Gasteiger partial charge in [0.05, 0.1) is 6.10 Å². The number of fused-ring (bicyclic) bond motifs is 5. The van der Waals surface area contributed by atoms with Crippen molar-refractivity contribution in [1.29, 1.82) is 0 Å². The van der Waals surface area contributed by atoms with Crippen LogP contribution < -0.4 is 0 Å². The van der Waals surface area contributed by atoms with Crippen LogP contribution in [0.3, 0.4) is 0 Å². The van der Waals surface area contributed by atoms with Gasteiger partial charge in [0.2, 0.25) is 0 Å². The number of phenolic OH excluding ortho intramolecular Hbond substituents is 1. The van der Waals surface area contributed by atoms with E-state index in [1.165, 1.54) is 17.2 Å². The lowest BCUT2D eigenvalue weighted by molar-refractivity contribution is -0.131. The van der Waals surface area contributed by atoms with Gasteiger partial charge in [-0.25, -0.2) is 4.79 Å². The molecule has 4 rings (SSSR count). The summed E-state index contributed by atoms with van der Waals surface area (Å²) < 4.78 is 0. The van der Waals surface area contributed by atoms with Gasteiger partial charge in [-0.15, -0.1) is 0 Å². The first-order chi connectivity index (χ1) is 11.4. The van der Waals surface area contributed by atoms with Gasteiger partial charge in [0.1, 0.15) is 5.75 Å². The van der Waals surface area contributed by atoms with Crippen LogP contribution >= 0.6 is 0 Å². The summed E-state index contributed by atoms with van der Waals surface area (Å²) in [6, 6.07) is 5.72. The predicted octanol–water partition coefficient (Wildman–Crippen LogP) is 3.23. The van der Waals surface area contributed by atoms with Crippen LogP contribution in [-0.2, 0) is 11.2 Å². The first-order valence-corrected chi connectivity index (χ1v) is 8.83. The molecular formula is C20H24O4. The molecule has 4 heteroatoms. The van der Waals surface area contributed by atoms with Crippen LogP contribution in [0.4, 0.5) is 0 Å². The Balaban J connectivity index is 1.70. The standard InChI is InChI=1S/C20H24O4/c1-20-7-6-15-14-5-3-13(21)8-11(14)2-4-16(15)17(20)9-12(19(20)24)10-18(22)23/h3,5,8,10,15-17,19,21,24H,2,4,6-7,9H2,1H3,(H,22,23)/b12-10+. The quantitative estimate of drug-likeness (QED) is 0.692. The van der Waals surface area contributed by atoms with E-state index in [0.717, 1.165) is 25.7 Å². The minimum Gasteiger partial charge on any atom is -0.508 e. The lowest BCUT2D eigenvalue weighted by Crippen LogP contribution is -2.44. The number of aliphatic hydroxyl groups excluding tert-OH is 1. The summed E-state index contributed by atoms with van der Waals surface area (Å²) in [4.78, 5) is 11.1. The molecule has 0 bridgehead atoms. The highest BCUT2D eigenvalue weighted by molar-refractivity contribution is 5.81. The minimum absolute atomic E-state index is 0.211. The zero-order valence-electron chi connectivity index (χ0n) is 13.9. The minimum atomic E-state index is -0.965. The van der Waals surface area contributed by atoms with E-state index in [4.69, 9.17) is 5.11 Å². The summed E-state index contributed by atoms with van der Waals surface area (Å²) in [5.74, 6) is 0.640. The zero-order chi connectivity index (χ0) is 17.1. The number of aliphatic carboxylic acids is 1. The number of hydrogen-bond donors (Lipinski definition) is 3. The Morgan fingerprint density at radius 3 is 2.88 bits per heavy atom. The summed E-state index contributed by atoms with van der Waals surface area (Å²) in [6.07, 6.45) is 5.21. The first-order valence-electron chi connectivity index (χ1n) is 8.83. The maximum Gasteiger partial charge on any atom is 0.328 e. The zero-order valence-corrected chi connectivity index (χ0v) is 13.9. The van der Waals surface area contributed by atoms with E-state index in [1.54, 1.807) is 6.07 Å². The molecule has 5 unspecified atom stereocenters. The predicted molar refractivity (Wildman–Crippen MR) is 89.8 cm³/mol. The number of aliphatic hydroxyl groups is 1. The molecule has 4 nitrogen and oxygen atoms in total. The van der Waals surface area contributed by atoms with Crippen molar-refractivity contribution in [3.8, 4) is 5.75 Å². The Bertz CT molecular complexity index is 722. The third-order valence-electron chi connectivity index (χ3n) is 6.89. The molecule has 0 aromatic heterocycles. The van der Waals surface area contributed by atoms with Crippen molar-refractivity contribution >= 4 is 5.97 Å². The van der Waals surface area contributed by atoms with Crippen molar-refractivity contribution in [2.75, 3.05) is 0 Å². The molecule has 2 fully saturated rings. The molecule has 3 aliphatic rings. The Labute approximate surface area is 141 Å². The van der Waals surface area contributed by atoms with Gasteiger partial charge in [0, 0.05) is 11.5 Å². The normalized spacial score (nSPS) is 39.2. The van der Waals surface area contributed by atoms with E-state index in [0.29, 0.717) is 35.5 Å². The summed E-state index contributed by atoms with van der Waals surface area (Å²) in [5.41, 5.74) is 3.07. The van der Waals surface area contributed by atoms with Crippen LogP contribution in [0.2, 0.25) is 0 Å². The second-order valence-corrected chi connectivity index (χ2v) is 8.01. The average Bonchev–Trinajstić information content (AvgIpc) is 2.78. The molecule has 0 saturated heterocycles. The van der Waals surface area contributed by atoms with Crippen LogP contribution in [0.15, 0.2) is 29.8 Å². The van der Waals surface area contributed by atoms with E-state index in [1.807, 2.05) is 6.07 Å². The molecule has 2 saturated carbocycles. The van der Waals surface area contributed by atoms with Gasteiger partial charge in [0.15, 0.2) is 0 Å². The summed E-state index contributed by atoms with van der Waals surface area (Å²) in [6.45, 7) is 2.13. The number of carboxylic acid groups (broad SMARTS) is 1. The fourth-order valence-electron chi connectivity index (χ4n) is 5.73. The topological polar surface area (TPSA) is 77.8 Å². The Morgan fingerprint density at radius 1 is 1.33 bits per heavy atom. The highest BCUT2D eigenvalue weighted by Gasteiger charge is 2.56.